The number of hydrogen-bond acceptors (Lipinski definition) is 1. The lowest BCUT2D eigenvalue weighted by Gasteiger charge is -2.26. The van der Waals surface area contributed by atoms with Crippen LogP contribution < -0.4 is 4.90 Å². The molecular weight excluding hydrogens is 653 g/mol. The Balaban J connectivity index is 1.24. The lowest BCUT2D eigenvalue weighted by Crippen LogP contribution is -2.10. The highest BCUT2D eigenvalue weighted by molar-refractivity contribution is 6.24. The average Bonchev–Trinajstić information content (AvgIpc) is 3.60. The van der Waals surface area contributed by atoms with E-state index in [0.717, 1.165) is 22.7 Å². The Labute approximate surface area is 315 Å². The molecule has 0 fully saturated rings. The summed E-state index contributed by atoms with van der Waals surface area (Å²) in [5.41, 5.74) is 14.1. The molecule has 0 radical (unpaired) electrons. The van der Waals surface area contributed by atoms with Gasteiger partial charge < -0.3 is 9.47 Å². The van der Waals surface area contributed by atoms with Crippen LogP contribution in [0.2, 0.25) is 0 Å². The Hall–Kier alpha value is -7.16. The molecule has 0 aliphatic carbocycles. The van der Waals surface area contributed by atoms with Crippen LogP contribution in [0, 0.1) is 0 Å². The van der Waals surface area contributed by atoms with Gasteiger partial charge in [-0.15, -0.1) is 0 Å². The maximum atomic E-state index is 2.46. The van der Waals surface area contributed by atoms with Gasteiger partial charge in [-0.05, 0) is 99.4 Å². The fourth-order valence-corrected chi connectivity index (χ4v) is 8.02. The maximum Gasteiger partial charge on any atom is 0.0625 e. The average molecular weight is 689 g/mol. The van der Waals surface area contributed by atoms with Gasteiger partial charge in [0.15, 0.2) is 0 Å². The van der Waals surface area contributed by atoms with Crippen molar-refractivity contribution in [1.29, 1.82) is 0 Å². The van der Waals surface area contributed by atoms with Gasteiger partial charge in [-0.25, -0.2) is 0 Å². The molecule has 0 saturated carbocycles. The Bertz CT molecular complexity index is 2790. The highest BCUT2D eigenvalue weighted by Gasteiger charge is 2.22. The quantitative estimate of drug-likeness (QED) is 0.162. The van der Waals surface area contributed by atoms with Crippen molar-refractivity contribution in [3.63, 3.8) is 0 Å². The van der Waals surface area contributed by atoms with E-state index < -0.39 is 0 Å². The lowest BCUT2D eigenvalue weighted by atomic mass is 9.95. The van der Waals surface area contributed by atoms with Crippen LogP contribution in [0.5, 0.6) is 0 Å². The summed E-state index contributed by atoms with van der Waals surface area (Å²) < 4.78 is 2.46. The van der Waals surface area contributed by atoms with Crippen LogP contribution >= 0.6 is 0 Å². The van der Waals surface area contributed by atoms with Crippen molar-refractivity contribution < 1.29 is 0 Å². The monoisotopic (exact) mass is 688 g/mol. The van der Waals surface area contributed by atoms with Crippen molar-refractivity contribution in [1.82, 2.24) is 4.57 Å². The number of para-hydroxylation sites is 1. The molecule has 0 saturated heterocycles. The van der Waals surface area contributed by atoms with E-state index in [0.29, 0.717) is 0 Å². The normalized spacial score (nSPS) is 11.3. The second kappa shape index (κ2) is 13.4. The zero-order valence-electron chi connectivity index (χ0n) is 29.7. The number of aromatic nitrogens is 1. The zero-order chi connectivity index (χ0) is 35.8. The number of benzene rings is 9. The van der Waals surface area contributed by atoms with Gasteiger partial charge >= 0.3 is 0 Å². The highest BCUT2D eigenvalue weighted by atomic mass is 15.1. The first kappa shape index (κ1) is 31.6. The molecule has 0 atom stereocenters. The van der Waals surface area contributed by atoms with E-state index in [1.165, 1.54) is 66.0 Å². The minimum Gasteiger partial charge on any atom is -0.310 e. The molecule has 1 aromatic heterocycles. The van der Waals surface area contributed by atoms with Crippen LogP contribution in [-0.2, 0) is 0 Å². The van der Waals surface area contributed by atoms with Gasteiger partial charge in [0.1, 0.15) is 0 Å². The van der Waals surface area contributed by atoms with Crippen LogP contribution in [-0.4, -0.2) is 4.57 Å². The van der Waals surface area contributed by atoms with Crippen molar-refractivity contribution >= 4 is 49.6 Å². The zero-order valence-corrected chi connectivity index (χ0v) is 29.7. The summed E-state index contributed by atoms with van der Waals surface area (Å²) in [5.74, 6) is 0. The first-order chi connectivity index (χ1) is 26.8. The number of anilines is 3. The Morgan fingerprint density at radius 2 is 0.796 bits per heavy atom. The summed E-state index contributed by atoms with van der Waals surface area (Å²) in [5, 5.41) is 4.92. The fraction of sp³-hybridized carbons (Fsp3) is 0. The molecule has 10 rings (SSSR count). The Morgan fingerprint density at radius 1 is 0.333 bits per heavy atom. The van der Waals surface area contributed by atoms with Crippen molar-refractivity contribution in [3.05, 3.63) is 218 Å². The van der Waals surface area contributed by atoms with Gasteiger partial charge in [0.05, 0.1) is 11.0 Å². The third kappa shape index (κ3) is 5.53. The third-order valence-electron chi connectivity index (χ3n) is 10.6. The number of rotatable bonds is 7. The van der Waals surface area contributed by atoms with Gasteiger partial charge in [0, 0.05) is 38.9 Å². The maximum absolute atomic E-state index is 2.46. The topological polar surface area (TPSA) is 8.17 Å². The standard InChI is InChI=1S/C52H36N2/c1-5-15-37(16-6-1)39-25-29-44(30-26-39)53(45-31-27-40(28-32-45)38-17-7-2-8-18-38)46-33-34-50-49(36-46)51-48(41-19-9-3-10-20-41)35-42-21-13-14-24-47(42)52(51)54(50)43-22-11-4-12-23-43/h1-36H. The number of hydrogen-bond donors (Lipinski definition) is 0. The van der Waals surface area contributed by atoms with E-state index in [2.05, 4.69) is 228 Å². The first-order valence-corrected chi connectivity index (χ1v) is 18.5. The van der Waals surface area contributed by atoms with Gasteiger partial charge in [0.2, 0.25) is 0 Å². The minimum atomic E-state index is 1.10. The summed E-state index contributed by atoms with van der Waals surface area (Å²) in [6.07, 6.45) is 0. The molecule has 0 unspecified atom stereocenters. The van der Waals surface area contributed by atoms with Crippen LogP contribution in [0.4, 0.5) is 17.1 Å². The third-order valence-corrected chi connectivity index (χ3v) is 10.6. The summed E-state index contributed by atoms with van der Waals surface area (Å²) >= 11 is 0. The Morgan fingerprint density at radius 3 is 1.37 bits per heavy atom. The molecule has 54 heavy (non-hydrogen) atoms. The molecule has 0 bridgehead atoms. The smallest absolute Gasteiger partial charge is 0.0625 e. The summed E-state index contributed by atoms with van der Waals surface area (Å²) in [7, 11) is 0. The van der Waals surface area contributed by atoms with Gasteiger partial charge in [0.25, 0.3) is 0 Å². The number of fused-ring (bicyclic) bond motifs is 5. The predicted octanol–water partition coefficient (Wildman–Crippen LogP) is 14.4. The molecule has 254 valence electrons. The molecule has 9 aromatic carbocycles. The predicted molar refractivity (Wildman–Crippen MR) is 229 cm³/mol. The van der Waals surface area contributed by atoms with Crippen LogP contribution in [0.15, 0.2) is 218 Å². The summed E-state index contributed by atoms with van der Waals surface area (Å²) in [6, 6.07) is 78.8. The van der Waals surface area contributed by atoms with E-state index in [1.54, 1.807) is 0 Å². The largest absolute Gasteiger partial charge is 0.310 e. The van der Waals surface area contributed by atoms with E-state index >= 15 is 0 Å². The van der Waals surface area contributed by atoms with Crippen LogP contribution in [0.1, 0.15) is 0 Å². The molecule has 0 amide bonds. The second-order valence-electron chi connectivity index (χ2n) is 13.8. The van der Waals surface area contributed by atoms with Crippen molar-refractivity contribution in [2.45, 2.75) is 0 Å². The summed E-state index contributed by atoms with van der Waals surface area (Å²) in [6.45, 7) is 0. The van der Waals surface area contributed by atoms with E-state index in [4.69, 9.17) is 0 Å². The van der Waals surface area contributed by atoms with Gasteiger partial charge in [-0.3, -0.25) is 0 Å². The second-order valence-corrected chi connectivity index (χ2v) is 13.8. The van der Waals surface area contributed by atoms with Crippen LogP contribution in [0.3, 0.4) is 0 Å². The first-order valence-electron chi connectivity index (χ1n) is 18.5. The minimum absolute atomic E-state index is 1.10. The highest BCUT2D eigenvalue weighted by Crippen LogP contribution is 2.45. The molecule has 0 spiro atoms. The van der Waals surface area contributed by atoms with E-state index in [-0.39, 0.29) is 0 Å². The molecule has 0 aliphatic heterocycles. The molecule has 2 heteroatoms. The summed E-state index contributed by atoms with van der Waals surface area (Å²) in [4.78, 5) is 2.39. The molecule has 2 nitrogen and oxygen atoms in total. The van der Waals surface area contributed by atoms with Crippen molar-refractivity contribution in [2.75, 3.05) is 4.90 Å². The van der Waals surface area contributed by atoms with E-state index in [1.807, 2.05) is 0 Å². The molecule has 0 aliphatic rings. The van der Waals surface area contributed by atoms with Gasteiger partial charge in [-0.1, -0.05) is 158 Å². The van der Waals surface area contributed by atoms with Gasteiger partial charge in [-0.2, -0.15) is 0 Å². The van der Waals surface area contributed by atoms with Crippen LogP contribution in [0.25, 0.3) is 71.6 Å². The molecule has 1 heterocycles. The lowest BCUT2D eigenvalue weighted by molar-refractivity contribution is 1.18. The molecule has 0 N–H and O–H groups in total. The Kier molecular flexibility index (Phi) is 7.85. The molecule has 10 aromatic rings. The fourth-order valence-electron chi connectivity index (χ4n) is 8.02. The molecular formula is C52H36N2. The van der Waals surface area contributed by atoms with Crippen molar-refractivity contribution in [3.8, 4) is 39.1 Å². The van der Waals surface area contributed by atoms with Crippen molar-refractivity contribution in [2.24, 2.45) is 0 Å². The SMILES string of the molecule is c1ccc(-c2ccc(N(c3ccc(-c4ccccc4)cc3)c3ccc4c(c3)c3c(-c5ccccc5)cc5ccccc5c3n4-c3ccccc3)cc2)cc1. The number of nitrogens with zero attached hydrogens (tertiary/aromatic N) is 2. The van der Waals surface area contributed by atoms with E-state index in [9.17, 15) is 0 Å².